The number of likely N-dealkylation sites (tertiary alicyclic amines) is 1. The minimum Gasteiger partial charge on any atom is -0.302 e. The van der Waals surface area contributed by atoms with Gasteiger partial charge in [-0.05, 0) is 50.9 Å². The highest BCUT2D eigenvalue weighted by atomic mass is 32.2. The Morgan fingerprint density at radius 3 is 2.48 bits per heavy atom. The van der Waals surface area contributed by atoms with Gasteiger partial charge in [0.2, 0.25) is 10.0 Å². The number of nitrogens with one attached hydrogen (secondary N) is 1. The first-order valence-electron chi connectivity index (χ1n) is 7.79. The second-order valence-electron chi connectivity index (χ2n) is 5.94. The Morgan fingerprint density at radius 1 is 1.22 bits per heavy atom. The van der Waals surface area contributed by atoms with Gasteiger partial charge in [0.25, 0.3) is 5.69 Å². The summed E-state index contributed by atoms with van der Waals surface area (Å²) in [5, 5.41) is 10.9. The molecule has 1 saturated heterocycles. The van der Waals surface area contributed by atoms with Crippen LogP contribution in [0.1, 0.15) is 30.4 Å². The third kappa shape index (κ3) is 4.49. The van der Waals surface area contributed by atoms with E-state index in [1.807, 2.05) is 0 Å². The number of nitrogens with zero attached hydrogens (tertiary/aromatic N) is 2. The van der Waals surface area contributed by atoms with E-state index < -0.39 is 14.9 Å². The Kier molecular flexibility index (Phi) is 5.72. The zero-order valence-electron chi connectivity index (χ0n) is 13.5. The Morgan fingerprint density at radius 2 is 1.87 bits per heavy atom. The van der Waals surface area contributed by atoms with E-state index in [9.17, 15) is 18.5 Å². The van der Waals surface area contributed by atoms with Crippen molar-refractivity contribution < 1.29 is 13.3 Å². The molecule has 0 radical (unpaired) electrons. The standard InChI is InChI=1S/C15H23N3O4S/c1-12-10-14(18(19)20)11-15(13(12)2)23(21,22)16-6-9-17-7-4-3-5-8-17/h10-11,16H,3-9H2,1-2H3. The second kappa shape index (κ2) is 7.37. The molecule has 1 aliphatic rings. The molecule has 2 rings (SSSR count). The largest absolute Gasteiger partial charge is 0.302 e. The van der Waals surface area contributed by atoms with Gasteiger partial charge in [-0.3, -0.25) is 10.1 Å². The molecule has 1 heterocycles. The molecule has 1 aromatic rings. The highest BCUT2D eigenvalue weighted by Crippen LogP contribution is 2.25. The van der Waals surface area contributed by atoms with Crippen molar-refractivity contribution in [2.75, 3.05) is 26.2 Å². The van der Waals surface area contributed by atoms with Gasteiger partial charge in [-0.2, -0.15) is 0 Å². The molecular formula is C15H23N3O4S. The van der Waals surface area contributed by atoms with Crippen LogP contribution in [0.5, 0.6) is 0 Å². The third-order valence-electron chi connectivity index (χ3n) is 4.27. The highest BCUT2D eigenvalue weighted by Gasteiger charge is 2.22. The highest BCUT2D eigenvalue weighted by molar-refractivity contribution is 7.89. The summed E-state index contributed by atoms with van der Waals surface area (Å²) in [6, 6.07) is 2.52. The summed E-state index contributed by atoms with van der Waals surface area (Å²) in [6.07, 6.45) is 3.53. The maximum atomic E-state index is 12.5. The molecule has 1 fully saturated rings. The smallest absolute Gasteiger partial charge is 0.271 e. The predicted molar refractivity (Wildman–Crippen MR) is 88.0 cm³/mol. The van der Waals surface area contributed by atoms with Gasteiger partial charge >= 0.3 is 0 Å². The zero-order chi connectivity index (χ0) is 17.0. The van der Waals surface area contributed by atoms with Gasteiger partial charge in [-0.15, -0.1) is 0 Å². The van der Waals surface area contributed by atoms with Crippen LogP contribution < -0.4 is 4.72 Å². The van der Waals surface area contributed by atoms with E-state index >= 15 is 0 Å². The molecule has 1 aromatic carbocycles. The van der Waals surface area contributed by atoms with Crippen molar-refractivity contribution in [3.63, 3.8) is 0 Å². The van der Waals surface area contributed by atoms with E-state index in [0.717, 1.165) is 32.0 Å². The fourth-order valence-electron chi connectivity index (χ4n) is 2.79. The molecule has 1 aliphatic heterocycles. The molecule has 8 heteroatoms. The lowest BCUT2D eigenvalue weighted by molar-refractivity contribution is -0.385. The monoisotopic (exact) mass is 341 g/mol. The van der Waals surface area contributed by atoms with E-state index in [-0.39, 0.29) is 10.6 Å². The lowest BCUT2D eigenvalue weighted by Gasteiger charge is -2.26. The fraction of sp³-hybridized carbons (Fsp3) is 0.600. The minimum atomic E-state index is -3.75. The third-order valence-corrected chi connectivity index (χ3v) is 5.86. The van der Waals surface area contributed by atoms with Crippen molar-refractivity contribution in [1.29, 1.82) is 0 Å². The van der Waals surface area contributed by atoms with Crippen LogP contribution in [0, 0.1) is 24.0 Å². The SMILES string of the molecule is Cc1cc([N+](=O)[O-])cc(S(=O)(=O)NCCN2CCCCC2)c1C. The van der Waals surface area contributed by atoms with Crippen LogP contribution in [0.25, 0.3) is 0 Å². The van der Waals surface area contributed by atoms with E-state index in [0.29, 0.717) is 24.2 Å². The fourth-order valence-corrected chi connectivity index (χ4v) is 4.15. The van der Waals surface area contributed by atoms with Gasteiger partial charge in [-0.25, -0.2) is 13.1 Å². The number of hydrogen-bond acceptors (Lipinski definition) is 5. The first-order chi connectivity index (χ1) is 10.8. The van der Waals surface area contributed by atoms with Gasteiger partial charge in [0.1, 0.15) is 0 Å². The van der Waals surface area contributed by atoms with Gasteiger partial charge in [0.15, 0.2) is 0 Å². The molecule has 0 spiro atoms. The van der Waals surface area contributed by atoms with Gasteiger partial charge in [0, 0.05) is 25.2 Å². The summed E-state index contributed by atoms with van der Waals surface area (Å²) in [4.78, 5) is 12.6. The lowest BCUT2D eigenvalue weighted by Crippen LogP contribution is -2.37. The van der Waals surface area contributed by atoms with Gasteiger partial charge in [-0.1, -0.05) is 6.42 Å². The maximum Gasteiger partial charge on any atom is 0.271 e. The lowest BCUT2D eigenvalue weighted by atomic mass is 10.1. The molecule has 0 amide bonds. The molecule has 0 unspecified atom stereocenters. The van der Waals surface area contributed by atoms with E-state index in [4.69, 9.17) is 0 Å². The number of nitro benzene ring substituents is 1. The average Bonchev–Trinajstić information content (AvgIpc) is 2.50. The van der Waals surface area contributed by atoms with E-state index in [1.165, 1.54) is 12.5 Å². The number of benzene rings is 1. The van der Waals surface area contributed by atoms with Gasteiger partial charge in [0.05, 0.1) is 9.82 Å². The van der Waals surface area contributed by atoms with Crippen molar-refractivity contribution >= 4 is 15.7 Å². The number of rotatable bonds is 6. The van der Waals surface area contributed by atoms with Crippen molar-refractivity contribution in [1.82, 2.24) is 9.62 Å². The second-order valence-corrected chi connectivity index (χ2v) is 7.68. The summed E-state index contributed by atoms with van der Waals surface area (Å²) in [5.41, 5.74) is 0.932. The topological polar surface area (TPSA) is 92.5 Å². The molecule has 23 heavy (non-hydrogen) atoms. The molecule has 0 bridgehead atoms. The van der Waals surface area contributed by atoms with Crippen molar-refractivity contribution in [2.45, 2.75) is 38.0 Å². The molecular weight excluding hydrogens is 318 g/mol. The average molecular weight is 341 g/mol. The summed E-state index contributed by atoms with van der Waals surface area (Å²) in [7, 11) is -3.75. The van der Waals surface area contributed by atoms with Crippen LogP contribution in [0.3, 0.4) is 0 Å². The number of sulfonamides is 1. The van der Waals surface area contributed by atoms with Crippen LogP contribution in [-0.4, -0.2) is 44.4 Å². The molecule has 1 N–H and O–H groups in total. The summed E-state index contributed by atoms with van der Waals surface area (Å²) < 4.78 is 27.5. The normalized spacial score (nSPS) is 16.4. The zero-order valence-corrected chi connectivity index (χ0v) is 14.4. The van der Waals surface area contributed by atoms with Crippen LogP contribution in [0.2, 0.25) is 0 Å². The Balaban J connectivity index is 2.10. The Labute approximate surface area is 136 Å². The molecule has 0 atom stereocenters. The summed E-state index contributed by atoms with van der Waals surface area (Å²) in [5.74, 6) is 0. The van der Waals surface area contributed by atoms with Crippen molar-refractivity contribution in [3.05, 3.63) is 33.4 Å². The molecule has 128 valence electrons. The number of hydrogen-bond donors (Lipinski definition) is 1. The first kappa shape index (κ1) is 17.8. The van der Waals surface area contributed by atoms with E-state index in [1.54, 1.807) is 13.8 Å². The first-order valence-corrected chi connectivity index (χ1v) is 9.27. The van der Waals surface area contributed by atoms with Crippen LogP contribution in [-0.2, 0) is 10.0 Å². The molecule has 0 aromatic heterocycles. The number of piperidine rings is 1. The predicted octanol–water partition coefficient (Wildman–Crippen LogP) is 1.98. The van der Waals surface area contributed by atoms with E-state index in [2.05, 4.69) is 9.62 Å². The maximum absolute atomic E-state index is 12.5. The van der Waals surface area contributed by atoms with Gasteiger partial charge < -0.3 is 4.90 Å². The molecule has 7 nitrogen and oxygen atoms in total. The summed E-state index contributed by atoms with van der Waals surface area (Å²) >= 11 is 0. The van der Waals surface area contributed by atoms with Crippen LogP contribution in [0.4, 0.5) is 5.69 Å². The number of nitro groups is 1. The van der Waals surface area contributed by atoms with Crippen LogP contribution in [0.15, 0.2) is 17.0 Å². The number of aryl methyl sites for hydroxylation is 1. The molecule has 0 saturated carbocycles. The van der Waals surface area contributed by atoms with Crippen molar-refractivity contribution in [2.24, 2.45) is 0 Å². The quantitative estimate of drug-likeness (QED) is 0.631. The number of non-ortho nitro benzene ring substituents is 1. The Hall–Kier alpha value is -1.51. The molecule has 0 aliphatic carbocycles. The summed E-state index contributed by atoms with van der Waals surface area (Å²) in [6.45, 7) is 6.30. The van der Waals surface area contributed by atoms with Crippen molar-refractivity contribution in [3.8, 4) is 0 Å². The minimum absolute atomic E-state index is 0.0113. The Bertz CT molecular complexity index is 682. The van der Waals surface area contributed by atoms with Crippen LogP contribution >= 0.6 is 0 Å².